The van der Waals surface area contributed by atoms with E-state index in [1.54, 1.807) is 0 Å². The zero-order chi connectivity index (χ0) is 12.5. The quantitative estimate of drug-likeness (QED) is 0.524. The minimum absolute atomic E-state index is 0.472. The van der Waals surface area contributed by atoms with Crippen molar-refractivity contribution in [3.8, 4) is 0 Å². The number of halogens is 2. The van der Waals surface area contributed by atoms with Crippen molar-refractivity contribution in [2.75, 3.05) is 5.75 Å². The maximum Gasteiger partial charge on any atom is 0.146 e. The summed E-state index contributed by atoms with van der Waals surface area (Å²) in [5.41, 5.74) is 1.22. The molecular formula is C13H16ClIN2S. The van der Waals surface area contributed by atoms with Crippen LogP contribution >= 0.6 is 46.0 Å². The van der Waals surface area contributed by atoms with Crippen LogP contribution < -0.4 is 0 Å². The van der Waals surface area contributed by atoms with Crippen LogP contribution in [0.15, 0.2) is 0 Å². The Kier molecular flexibility index (Phi) is 4.35. The van der Waals surface area contributed by atoms with Gasteiger partial charge in [-0.3, -0.25) is 0 Å². The van der Waals surface area contributed by atoms with Crippen molar-refractivity contribution in [1.29, 1.82) is 0 Å². The fourth-order valence-electron chi connectivity index (χ4n) is 2.85. The highest BCUT2D eigenvalue weighted by molar-refractivity contribution is 14.1. The van der Waals surface area contributed by atoms with Crippen molar-refractivity contribution in [2.45, 2.75) is 49.7 Å². The van der Waals surface area contributed by atoms with Crippen LogP contribution in [0.25, 0.3) is 0 Å². The molecule has 2 heterocycles. The summed E-state index contributed by atoms with van der Waals surface area (Å²) in [6.07, 6.45) is 7.67. The van der Waals surface area contributed by atoms with Gasteiger partial charge in [0.25, 0.3) is 0 Å². The van der Waals surface area contributed by atoms with E-state index in [1.165, 1.54) is 50.0 Å². The fourth-order valence-corrected chi connectivity index (χ4v) is 4.92. The molecule has 1 atom stereocenters. The minimum Gasteiger partial charge on any atom is -0.235 e. The molecule has 1 saturated heterocycles. The summed E-state index contributed by atoms with van der Waals surface area (Å²) in [4.78, 5) is 9.39. The summed E-state index contributed by atoms with van der Waals surface area (Å²) < 4.78 is 1.08. The van der Waals surface area contributed by atoms with Crippen molar-refractivity contribution in [3.63, 3.8) is 0 Å². The van der Waals surface area contributed by atoms with E-state index in [9.17, 15) is 0 Å². The first-order valence-electron chi connectivity index (χ1n) is 6.60. The number of nitrogens with zero attached hydrogens (tertiary/aromatic N) is 2. The van der Waals surface area contributed by atoms with E-state index in [2.05, 4.69) is 27.6 Å². The predicted octanol–water partition coefficient (Wildman–Crippen LogP) is 4.96. The van der Waals surface area contributed by atoms with E-state index in [1.807, 2.05) is 11.8 Å². The SMILES string of the molecule is Clc1nc(C2CCCS2)nc(C2CCCC2)c1I. The van der Waals surface area contributed by atoms with E-state index in [0.29, 0.717) is 16.3 Å². The molecule has 1 aliphatic heterocycles. The summed E-state index contributed by atoms with van der Waals surface area (Å²) in [7, 11) is 0. The lowest BCUT2D eigenvalue weighted by atomic mass is 10.0. The normalized spacial score (nSPS) is 24.9. The maximum absolute atomic E-state index is 6.31. The first-order valence-corrected chi connectivity index (χ1v) is 9.10. The van der Waals surface area contributed by atoms with Crippen LogP contribution in [0.2, 0.25) is 5.15 Å². The molecule has 0 bridgehead atoms. The molecule has 2 fully saturated rings. The van der Waals surface area contributed by atoms with Crippen LogP contribution in [0.1, 0.15) is 61.2 Å². The molecule has 1 aromatic rings. The molecule has 0 amide bonds. The predicted molar refractivity (Wildman–Crippen MR) is 85.4 cm³/mol. The Balaban J connectivity index is 1.95. The molecule has 0 N–H and O–H groups in total. The summed E-state index contributed by atoms with van der Waals surface area (Å²) in [5, 5.41) is 1.13. The molecule has 1 aromatic heterocycles. The summed E-state index contributed by atoms with van der Waals surface area (Å²) in [6, 6.07) is 0. The Morgan fingerprint density at radius 1 is 1.11 bits per heavy atom. The second-order valence-corrected chi connectivity index (χ2v) is 7.80. The topological polar surface area (TPSA) is 25.8 Å². The Morgan fingerprint density at radius 2 is 1.89 bits per heavy atom. The number of hydrogen-bond acceptors (Lipinski definition) is 3. The van der Waals surface area contributed by atoms with Gasteiger partial charge < -0.3 is 0 Å². The average molecular weight is 395 g/mol. The van der Waals surface area contributed by atoms with Crippen molar-refractivity contribution in [1.82, 2.24) is 9.97 Å². The van der Waals surface area contributed by atoms with Gasteiger partial charge >= 0.3 is 0 Å². The molecule has 1 saturated carbocycles. The third-order valence-electron chi connectivity index (χ3n) is 3.81. The van der Waals surface area contributed by atoms with Gasteiger partial charge in [0.1, 0.15) is 11.0 Å². The first kappa shape index (κ1) is 13.4. The molecule has 2 nitrogen and oxygen atoms in total. The molecule has 0 radical (unpaired) electrons. The lowest BCUT2D eigenvalue weighted by Crippen LogP contribution is -2.08. The van der Waals surface area contributed by atoms with E-state index in [0.717, 1.165) is 9.39 Å². The zero-order valence-electron chi connectivity index (χ0n) is 10.2. The highest BCUT2D eigenvalue weighted by Gasteiger charge is 2.27. The highest BCUT2D eigenvalue weighted by atomic mass is 127. The Hall–Kier alpha value is 0.450. The molecule has 2 aliphatic rings. The fraction of sp³-hybridized carbons (Fsp3) is 0.692. The van der Waals surface area contributed by atoms with Gasteiger partial charge in [-0.25, -0.2) is 9.97 Å². The highest BCUT2D eigenvalue weighted by Crippen LogP contribution is 2.41. The van der Waals surface area contributed by atoms with E-state index >= 15 is 0 Å². The molecule has 98 valence electrons. The molecule has 0 aromatic carbocycles. The number of hydrogen-bond donors (Lipinski definition) is 0. The van der Waals surface area contributed by atoms with Crippen molar-refractivity contribution in [3.05, 3.63) is 20.2 Å². The van der Waals surface area contributed by atoms with Crippen LogP contribution in [0.4, 0.5) is 0 Å². The average Bonchev–Trinajstić information content (AvgIpc) is 3.03. The molecule has 18 heavy (non-hydrogen) atoms. The van der Waals surface area contributed by atoms with Crippen LogP contribution in [0.5, 0.6) is 0 Å². The van der Waals surface area contributed by atoms with Crippen LogP contribution in [-0.2, 0) is 0 Å². The summed E-state index contributed by atoms with van der Waals surface area (Å²) in [6.45, 7) is 0. The van der Waals surface area contributed by atoms with Gasteiger partial charge in [0, 0.05) is 5.92 Å². The second kappa shape index (κ2) is 5.83. The second-order valence-electron chi connectivity index (χ2n) is 5.05. The standard InChI is InChI=1S/C13H16ClIN2S/c14-12-10(15)11(8-4-1-2-5-8)16-13(17-12)9-6-3-7-18-9/h8-9H,1-7H2. The monoisotopic (exact) mass is 394 g/mol. The molecule has 5 heteroatoms. The van der Waals surface area contributed by atoms with Gasteiger partial charge in [0.05, 0.1) is 14.5 Å². The summed E-state index contributed by atoms with van der Waals surface area (Å²) in [5.74, 6) is 2.82. The van der Waals surface area contributed by atoms with E-state index < -0.39 is 0 Å². The third-order valence-corrected chi connectivity index (χ3v) is 6.84. The van der Waals surface area contributed by atoms with Crippen molar-refractivity contribution >= 4 is 46.0 Å². The minimum atomic E-state index is 0.472. The van der Waals surface area contributed by atoms with Gasteiger partial charge in [-0.15, -0.1) is 0 Å². The Bertz CT molecular complexity index is 443. The van der Waals surface area contributed by atoms with Gasteiger partial charge in [-0.2, -0.15) is 11.8 Å². The number of aromatic nitrogens is 2. The number of thioether (sulfide) groups is 1. The van der Waals surface area contributed by atoms with Gasteiger partial charge in [-0.05, 0) is 54.0 Å². The molecule has 3 rings (SSSR count). The summed E-state index contributed by atoms with van der Waals surface area (Å²) >= 11 is 10.6. The molecule has 1 unspecified atom stereocenters. The Morgan fingerprint density at radius 3 is 2.56 bits per heavy atom. The molecular weight excluding hydrogens is 379 g/mol. The maximum atomic E-state index is 6.31. The van der Waals surface area contributed by atoms with Gasteiger partial charge in [0.15, 0.2) is 0 Å². The lowest BCUT2D eigenvalue weighted by Gasteiger charge is -2.15. The van der Waals surface area contributed by atoms with Gasteiger partial charge in [0.2, 0.25) is 0 Å². The smallest absolute Gasteiger partial charge is 0.146 e. The molecule has 1 aliphatic carbocycles. The van der Waals surface area contributed by atoms with Crippen LogP contribution in [-0.4, -0.2) is 15.7 Å². The van der Waals surface area contributed by atoms with E-state index in [-0.39, 0.29) is 0 Å². The van der Waals surface area contributed by atoms with Crippen molar-refractivity contribution < 1.29 is 0 Å². The van der Waals surface area contributed by atoms with Crippen LogP contribution in [0, 0.1) is 3.57 Å². The lowest BCUT2D eigenvalue weighted by molar-refractivity contribution is 0.670. The molecule has 0 spiro atoms. The number of rotatable bonds is 2. The Labute approximate surface area is 131 Å². The zero-order valence-corrected chi connectivity index (χ0v) is 13.9. The van der Waals surface area contributed by atoms with Gasteiger partial charge in [-0.1, -0.05) is 24.4 Å². The van der Waals surface area contributed by atoms with Crippen LogP contribution in [0.3, 0.4) is 0 Å². The first-order chi connectivity index (χ1) is 8.75. The van der Waals surface area contributed by atoms with Crippen molar-refractivity contribution in [2.24, 2.45) is 0 Å². The van der Waals surface area contributed by atoms with E-state index in [4.69, 9.17) is 16.6 Å². The third kappa shape index (κ3) is 2.66. The largest absolute Gasteiger partial charge is 0.235 e.